The van der Waals surface area contributed by atoms with Gasteiger partial charge in [0.05, 0.1) is 24.7 Å². The van der Waals surface area contributed by atoms with Crippen molar-refractivity contribution in [2.45, 2.75) is 33.2 Å². The van der Waals surface area contributed by atoms with Crippen molar-refractivity contribution in [3.8, 4) is 11.5 Å². The van der Waals surface area contributed by atoms with Crippen molar-refractivity contribution in [3.63, 3.8) is 0 Å². The number of amides is 1. The maximum absolute atomic E-state index is 12.4. The number of hydrogen-bond acceptors (Lipinski definition) is 6. The Morgan fingerprint density at radius 3 is 2.52 bits per heavy atom. The smallest absolute Gasteiger partial charge is 0.269 e. The molecule has 0 radical (unpaired) electrons. The van der Waals surface area contributed by atoms with E-state index in [0.717, 1.165) is 11.1 Å². The topological polar surface area (TPSA) is 93.9 Å². The number of benzene rings is 2. The molecule has 0 aliphatic carbocycles. The molecular weight excluding hydrogens is 398 g/mol. The number of nitro benzene ring substituents is 1. The minimum absolute atomic E-state index is 0.0454. The van der Waals surface area contributed by atoms with Crippen LogP contribution in [-0.2, 0) is 11.2 Å². The molecule has 0 saturated carbocycles. The number of nitrogens with one attached hydrogen (secondary N) is 1. The molecular formula is C23H31N3O5. The predicted molar refractivity (Wildman–Crippen MR) is 120 cm³/mol. The van der Waals surface area contributed by atoms with Gasteiger partial charge in [-0.15, -0.1) is 0 Å². The first-order valence-electron chi connectivity index (χ1n) is 10.5. The molecule has 31 heavy (non-hydrogen) atoms. The molecule has 0 bridgehead atoms. The van der Waals surface area contributed by atoms with Gasteiger partial charge in [-0.25, -0.2) is 0 Å². The van der Waals surface area contributed by atoms with Crippen LogP contribution in [-0.4, -0.2) is 49.1 Å². The second-order valence-electron chi connectivity index (χ2n) is 7.19. The summed E-state index contributed by atoms with van der Waals surface area (Å²) in [5.74, 6) is 1.32. The molecule has 8 heteroatoms. The summed E-state index contributed by atoms with van der Waals surface area (Å²) in [5, 5.41) is 13.9. The highest BCUT2D eigenvalue weighted by Gasteiger charge is 2.17. The summed E-state index contributed by atoms with van der Waals surface area (Å²) in [6.45, 7) is 7.58. The van der Waals surface area contributed by atoms with Gasteiger partial charge in [0.15, 0.2) is 11.5 Å². The molecule has 1 atom stereocenters. The third-order valence-electron chi connectivity index (χ3n) is 4.96. The van der Waals surface area contributed by atoms with E-state index in [1.165, 1.54) is 6.07 Å². The number of nitrogens with zero attached hydrogens (tertiary/aromatic N) is 2. The average Bonchev–Trinajstić information content (AvgIpc) is 2.75. The molecule has 1 N–H and O–H groups in total. The fourth-order valence-electron chi connectivity index (χ4n) is 3.17. The molecule has 0 unspecified atom stereocenters. The number of ether oxygens (including phenoxy) is 2. The summed E-state index contributed by atoms with van der Waals surface area (Å²) < 4.78 is 11.2. The third kappa shape index (κ3) is 7.25. The lowest BCUT2D eigenvalue weighted by molar-refractivity contribution is -0.384. The molecule has 0 aromatic heterocycles. The molecule has 1 amide bonds. The van der Waals surface area contributed by atoms with Gasteiger partial charge < -0.3 is 14.8 Å². The van der Waals surface area contributed by atoms with E-state index >= 15 is 0 Å². The van der Waals surface area contributed by atoms with Crippen LogP contribution in [0.2, 0.25) is 0 Å². The maximum Gasteiger partial charge on any atom is 0.269 e. The minimum atomic E-state index is -0.416. The molecule has 0 spiro atoms. The number of hydrogen-bond donors (Lipinski definition) is 1. The van der Waals surface area contributed by atoms with Crippen molar-refractivity contribution in [1.29, 1.82) is 0 Å². The Bertz CT molecular complexity index is 887. The first-order chi connectivity index (χ1) is 14.8. The van der Waals surface area contributed by atoms with Crippen molar-refractivity contribution in [3.05, 3.63) is 63.7 Å². The van der Waals surface area contributed by atoms with Crippen LogP contribution >= 0.6 is 0 Å². The normalized spacial score (nSPS) is 11.8. The average molecular weight is 430 g/mol. The fourth-order valence-corrected chi connectivity index (χ4v) is 3.17. The van der Waals surface area contributed by atoms with Gasteiger partial charge in [0.2, 0.25) is 5.91 Å². The second kappa shape index (κ2) is 11.9. The fraction of sp³-hybridized carbons (Fsp3) is 0.435. The number of non-ortho nitro benzene ring substituents is 1. The number of carbonyl (C=O) groups is 1. The minimum Gasteiger partial charge on any atom is -0.490 e. The molecule has 168 valence electrons. The van der Waals surface area contributed by atoms with E-state index in [-0.39, 0.29) is 24.2 Å². The Morgan fingerprint density at radius 1 is 1.13 bits per heavy atom. The lowest BCUT2D eigenvalue weighted by Crippen LogP contribution is -2.37. The van der Waals surface area contributed by atoms with Gasteiger partial charge >= 0.3 is 0 Å². The lowest BCUT2D eigenvalue weighted by Gasteiger charge is -2.24. The molecule has 0 fully saturated rings. The Kier molecular flexibility index (Phi) is 9.27. The van der Waals surface area contributed by atoms with Crippen molar-refractivity contribution >= 4 is 11.6 Å². The zero-order valence-corrected chi connectivity index (χ0v) is 18.6. The van der Waals surface area contributed by atoms with Gasteiger partial charge in [-0.1, -0.05) is 18.2 Å². The summed E-state index contributed by atoms with van der Waals surface area (Å²) in [4.78, 5) is 24.8. The van der Waals surface area contributed by atoms with Gasteiger partial charge in [-0.2, -0.15) is 0 Å². The zero-order valence-electron chi connectivity index (χ0n) is 18.6. The van der Waals surface area contributed by atoms with Crippen molar-refractivity contribution in [2.24, 2.45) is 0 Å². The van der Waals surface area contributed by atoms with E-state index in [1.807, 2.05) is 57.0 Å². The summed E-state index contributed by atoms with van der Waals surface area (Å²) in [6, 6.07) is 12.2. The van der Waals surface area contributed by atoms with Gasteiger partial charge in [0.25, 0.3) is 5.69 Å². The van der Waals surface area contributed by atoms with E-state index in [2.05, 4.69) is 5.32 Å². The van der Waals surface area contributed by atoms with Crippen LogP contribution in [0.15, 0.2) is 42.5 Å². The van der Waals surface area contributed by atoms with E-state index in [1.54, 1.807) is 12.1 Å². The maximum atomic E-state index is 12.4. The Labute approximate surface area is 183 Å². The third-order valence-corrected chi connectivity index (χ3v) is 4.96. The highest BCUT2D eigenvalue weighted by molar-refractivity contribution is 5.78. The first-order valence-corrected chi connectivity index (χ1v) is 10.5. The van der Waals surface area contributed by atoms with E-state index in [4.69, 9.17) is 9.47 Å². The van der Waals surface area contributed by atoms with Gasteiger partial charge in [-0.3, -0.25) is 19.8 Å². The van der Waals surface area contributed by atoms with E-state index in [0.29, 0.717) is 37.7 Å². The molecule has 0 heterocycles. The molecule has 2 rings (SSSR count). The number of likely N-dealkylation sites (N-methyl/N-ethyl adjacent to an activating group) is 1. The Balaban J connectivity index is 1.87. The molecule has 0 aliphatic heterocycles. The standard InChI is InChI=1S/C23H31N3O5/c1-5-30-21-11-10-18(14-22(21)31-6-2)12-13-24-23(27)16-25(4)17(3)19-8-7-9-20(15-19)26(28)29/h7-11,14-15,17H,5-6,12-13,16H2,1-4H3,(H,24,27)/t17-/m0/s1. The van der Waals surface area contributed by atoms with Crippen LogP contribution in [0.1, 0.15) is 37.9 Å². The van der Waals surface area contributed by atoms with Gasteiger partial charge in [0.1, 0.15) is 0 Å². The SMILES string of the molecule is CCOc1ccc(CCNC(=O)CN(C)[C@@H](C)c2cccc([N+](=O)[O-])c2)cc1OCC. The van der Waals surface area contributed by atoms with Crippen LogP contribution in [0.4, 0.5) is 5.69 Å². The van der Waals surface area contributed by atoms with Gasteiger partial charge in [0, 0.05) is 24.7 Å². The summed E-state index contributed by atoms with van der Waals surface area (Å²) >= 11 is 0. The number of nitro groups is 1. The van der Waals surface area contributed by atoms with Crippen LogP contribution in [0.5, 0.6) is 11.5 Å². The van der Waals surface area contributed by atoms with Crippen LogP contribution in [0.25, 0.3) is 0 Å². The number of rotatable bonds is 12. The number of carbonyl (C=O) groups excluding carboxylic acids is 1. The second-order valence-corrected chi connectivity index (χ2v) is 7.19. The summed E-state index contributed by atoms with van der Waals surface area (Å²) in [6.07, 6.45) is 0.669. The largest absolute Gasteiger partial charge is 0.490 e. The molecule has 8 nitrogen and oxygen atoms in total. The van der Waals surface area contributed by atoms with Crippen LogP contribution < -0.4 is 14.8 Å². The van der Waals surface area contributed by atoms with Crippen molar-refractivity contribution in [1.82, 2.24) is 10.2 Å². The molecule has 2 aromatic rings. The lowest BCUT2D eigenvalue weighted by atomic mass is 10.1. The van der Waals surface area contributed by atoms with Crippen molar-refractivity contribution in [2.75, 3.05) is 33.4 Å². The molecule has 0 saturated heterocycles. The Hall–Kier alpha value is -3.13. The highest BCUT2D eigenvalue weighted by Crippen LogP contribution is 2.28. The predicted octanol–water partition coefficient (Wildman–Crippen LogP) is 3.74. The van der Waals surface area contributed by atoms with Crippen LogP contribution in [0, 0.1) is 10.1 Å². The zero-order chi connectivity index (χ0) is 22.8. The van der Waals surface area contributed by atoms with Crippen molar-refractivity contribution < 1.29 is 19.2 Å². The van der Waals surface area contributed by atoms with Crippen LogP contribution in [0.3, 0.4) is 0 Å². The van der Waals surface area contributed by atoms with E-state index in [9.17, 15) is 14.9 Å². The molecule has 0 aliphatic rings. The quantitative estimate of drug-likeness (QED) is 0.408. The highest BCUT2D eigenvalue weighted by atomic mass is 16.6. The Morgan fingerprint density at radius 2 is 1.84 bits per heavy atom. The monoisotopic (exact) mass is 429 g/mol. The summed E-state index contributed by atoms with van der Waals surface area (Å²) in [7, 11) is 1.82. The first kappa shape index (κ1) is 24.1. The van der Waals surface area contributed by atoms with Gasteiger partial charge in [-0.05, 0) is 57.5 Å². The van der Waals surface area contributed by atoms with E-state index < -0.39 is 4.92 Å². The summed E-state index contributed by atoms with van der Waals surface area (Å²) in [5.41, 5.74) is 1.89. The molecule has 2 aromatic carbocycles.